The first-order chi connectivity index (χ1) is 10.0. The zero-order valence-corrected chi connectivity index (χ0v) is 11.5. The van der Waals surface area contributed by atoms with Gasteiger partial charge in [0.1, 0.15) is 5.69 Å². The van der Waals surface area contributed by atoms with Crippen LogP contribution in [0.1, 0.15) is 23.2 Å². The fraction of sp³-hybridized carbons (Fsp3) is 0.385. The minimum Gasteiger partial charge on any atom is -0.371 e. The summed E-state index contributed by atoms with van der Waals surface area (Å²) in [6.07, 6.45) is 1.96. The van der Waals surface area contributed by atoms with Gasteiger partial charge in [0.15, 0.2) is 0 Å². The lowest BCUT2D eigenvalue weighted by atomic mass is 10.1. The average Bonchev–Trinajstić information content (AvgIpc) is 3.27. The van der Waals surface area contributed by atoms with E-state index in [1.165, 1.54) is 25.2 Å². The Labute approximate surface area is 121 Å². The summed E-state index contributed by atoms with van der Waals surface area (Å²) >= 11 is 0. The van der Waals surface area contributed by atoms with Gasteiger partial charge in [0.05, 0.1) is 11.5 Å². The highest BCUT2D eigenvalue weighted by atomic mass is 16.6. The topological polar surface area (TPSA) is 113 Å². The molecule has 0 radical (unpaired) electrons. The fourth-order valence-corrected chi connectivity index (χ4v) is 1.80. The lowest BCUT2D eigenvalue weighted by Crippen LogP contribution is -2.31. The van der Waals surface area contributed by atoms with Crippen LogP contribution in [0, 0.1) is 10.1 Å². The second-order valence-electron chi connectivity index (χ2n) is 4.76. The van der Waals surface area contributed by atoms with E-state index in [4.69, 9.17) is 0 Å². The lowest BCUT2D eigenvalue weighted by molar-refractivity contribution is -0.384. The molecule has 0 saturated heterocycles. The number of carbonyl (C=O) groups excluding carboxylic acids is 2. The van der Waals surface area contributed by atoms with Crippen molar-refractivity contribution in [2.24, 2.45) is 0 Å². The molecule has 112 valence electrons. The molecule has 1 aromatic carbocycles. The first-order valence-electron chi connectivity index (χ1n) is 6.55. The van der Waals surface area contributed by atoms with Crippen molar-refractivity contribution in [2.75, 3.05) is 18.9 Å². The van der Waals surface area contributed by atoms with E-state index in [1.54, 1.807) is 0 Å². The summed E-state index contributed by atoms with van der Waals surface area (Å²) in [6, 6.07) is 4.31. The quantitative estimate of drug-likeness (QED) is 0.526. The molecule has 2 amide bonds. The molecule has 1 saturated carbocycles. The van der Waals surface area contributed by atoms with Crippen molar-refractivity contribution in [2.45, 2.75) is 18.9 Å². The number of nitrogens with one attached hydrogen (secondary N) is 3. The van der Waals surface area contributed by atoms with Crippen LogP contribution in [-0.2, 0) is 4.79 Å². The van der Waals surface area contributed by atoms with Crippen LogP contribution in [0.3, 0.4) is 0 Å². The Morgan fingerprint density at radius 2 is 2.10 bits per heavy atom. The van der Waals surface area contributed by atoms with Crippen LogP contribution in [0.4, 0.5) is 11.4 Å². The monoisotopic (exact) mass is 292 g/mol. The van der Waals surface area contributed by atoms with Crippen LogP contribution in [0.2, 0.25) is 0 Å². The van der Waals surface area contributed by atoms with Crippen LogP contribution in [0.15, 0.2) is 18.2 Å². The molecule has 8 nitrogen and oxygen atoms in total. The summed E-state index contributed by atoms with van der Waals surface area (Å²) < 4.78 is 0. The molecule has 1 fully saturated rings. The predicted octanol–water partition coefficient (Wildman–Crippen LogP) is 0.645. The normalized spacial score (nSPS) is 13.4. The van der Waals surface area contributed by atoms with Gasteiger partial charge in [-0.25, -0.2) is 0 Å². The van der Waals surface area contributed by atoms with Crippen molar-refractivity contribution in [3.05, 3.63) is 33.9 Å². The number of hydrogen-bond acceptors (Lipinski definition) is 5. The van der Waals surface area contributed by atoms with Crippen molar-refractivity contribution in [3.8, 4) is 0 Å². The molecule has 8 heteroatoms. The summed E-state index contributed by atoms with van der Waals surface area (Å²) in [5, 5.41) is 19.0. The van der Waals surface area contributed by atoms with Gasteiger partial charge in [-0.05, 0) is 25.0 Å². The van der Waals surface area contributed by atoms with E-state index in [2.05, 4.69) is 16.0 Å². The third-order valence-corrected chi connectivity index (χ3v) is 3.07. The molecule has 0 aromatic heterocycles. The highest BCUT2D eigenvalue weighted by molar-refractivity contribution is 5.95. The van der Waals surface area contributed by atoms with Gasteiger partial charge in [0.2, 0.25) is 5.91 Å². The number of nitro benzene ring substituents is 1. The second kappa shape index (κ2) is 6.21. The van der Waals surface area contributed by atoms with Crippen molar-refractivity contribution in [1.82, 2.24) is 10.6 Å². The smallest absolute Gasteiger partial charge is 0.293 e. The fourth-order valence-electron chi connectivity index (χ4n) is 1.80. The van der Waals surface area contributed by atoms with Crippen molar-refractivity contribution < 1.29 is 14.5 Å². The number of nitro groups is 1. The molecule has 0 bridgehead atoms. The number of hydrogen-bond donors (Lipinski definition) is 3. The highest BCUT2D eigenvalue weighted by Gasteiger charge is 2.23. The van der Waals surface area contributed by atoms with Gasteiger partial charge in [0, 0.05) is 24.7 Å². The molecule has 1 aromatic rings. The molecule has 0 atom stereocenters. The number of nitrogens with zero attached hydrogens (tertiary/aromatic N) is 1. The molecular weight excluding hydrogens is 276 g/mol. The van der Waals surface area contributed by atoms with Crippen LogP contribution in [0.5, 0.6) is 0 Å². The minimum atomic E-state index is -0.590. The maximum absolute atomic E-state index is 11.6. The zero-order chi connectivity index (χ0) is 15.4. The largest absolute Gasteiger partial charge is 0.371 e. The van der Waals surface area contributed by atoms with E-state index in [0.717, 1.165) is 12.8 Å². The van der Waals surface area contributed by atoms with E-state index in [1.807, 2.05) is 0 Å². The Morgan fingerprint density at radius 1 is 1.38 bits per heavy atom. The van der Waals surface area contributed by atoms with Gasteiger partial charge in [0.25, 0.3) is 11.6 Å². The van der Waals surface area contributed by atoms with E-state index in [0.29, 0.717) is 0 Å². The number of anilines is 1. The number of amides is 2. The molecular formula is C13H16N4O4. The summed E-state index contributed by atoms with van der Waals surface area (Å²) in [4.78, 5) is 33.5. The predicted molar refractivity (Wildman–Crippen MR) is 76.1 cm³/mol. The van der Waals surface area contributed by atoms with E-state index in [-0.39, 0.29) is 35.4 Å². The van der Waals surface area contributed by atoms with Crippen LogP contribution in [-0.4, -0.2) is 36.4 Å². The number of benzene rings is 1. The van der Waals surface area contributed by atoms with Crippen LogP contribution in [0.25, 0.3) is 0 Å². The first-order valence-corrected chi connectivity index (χ1v) is 6.55. The van der Waals surface area contributed by atoms with E-state index >= 15 is 0 Å². The second-order valence-corrected chi connectivity index (χ2v) is 4.76. The van der Waals surface area contributed by atoms with Crippen LogP contribution < -0.4 is 16.0 Å². The molecule has 0 spiro atoms. The SMILES string of the molecule is CNC(=O)c1ccc(NCC(=O)NC2CC2)c([N+](=O)[O-])c1. The zero-order valence-electron chi connectivity index (χ0n) is 11.5. The van der Waals surface area contributed by atoms with Gasteiger partial charge >= 0.3 is 0 Å². The van der Waals surface area contributed by atoms with Gasteiger partial charge in [-0.2, -0.15) is 0 Å². The Hall–Kier alpha value is -2.64. The third kappa shape index (κ3) is 3.91. The minimum absolute atomic E-state index is 0.0450. The molecule has 3 N–H and O–H groups in total. The summed E-state index contributed by atoms with van der Waals surface area (Å²) in [5.41, 5.74) is 0.158. The lowest BCUT2D eigenvalue weighted by Gasteiger charge is -2.08. The Bertz CT molecular complexity index is 584. The molecule has 0 unspecified atom stereocenters. The highest BCUT2D eigenvalue weighted by Crippen LogP contribution is 2.25. The van der Waals surface area contributed by atoms with Crippen molar-refractivity contribution >= 4 is 23.2 Å². The maximum atomic E-state index is 11.6. The van der Waals surface area contributed by atoms with Gasteiger partial charge in [-0.15, -0.1) is 0 Å². The van der Waals surface area contributed by atoms with Crippen LogP contribution >= 0.6 is 0 Å². The van der Waals surface area contributed by atoms with Gasteiger partial charge in [-0.1, -0.05) is 0 Å². The summed E-state index contributed by atoms with van der Waals surface area (Å²) in [7, 11) is 1.45. The van der Waals surface area contributed by atoms with Crippen molar-refractivity contribution in [1.29, 1.82) is 0 Å². The Kier molecular flexibility index (Phi) is 4.36. The number of rotatable bonds is 6. The van der Waals surface area contributed by atoms with E-state index in [9.17, 15) is 19.7 Å². The average molecular weight is 292 g/mol. The standard InChI is InChI=1S/C13H16N4O4/c1-14-13(19)8-2-5-10(11(6-8)17(20)21)15-7-12(18)16-9-3-4-9/h2,5-6,9,15H,3-4,7H2,1H3,(H,14,19)(H,16,18). The van der Waals surface area contributed by atoms with E-state index < -0.39 is 10.8 Å². The molecule has 0 heterocycles. The van der Waals surface area contributed by atoms with Crippen molar-refractivity contribution in [3.63, 3.8) is 0 Å². The Balaban J connectivity index is 2.08. The van der Waals surface area contributed by atoms with Gasteiger partial charge < -0.3 is 16.0 Å². The maximum Gasteiger partial charge on any atom is 0.293 e. The van der Waals surface area contributed by atoms with Gasteiger partial charge in [-0.3, -0.25) is 19.7 Å². The summed E-state index contributed by atoms with van der Waals surface area (Å²) in [5.74, 6) is -0.613. The molecule has 1 aliphatic carbocycles. The summed E-state index contributed by atoms with van der Waals surface area (Å²) in [6.45, 7) is -0.0450. The molecule has 1 aliphatic rings. The Morgan fingerprint density at radius 3 is 2.67 bits per heavy atom. The first kappa shape index (κ1) is 14.8. The molecule has 2 rings (SSSR count). The molecule has 0 aliphatic heterocycles. The third-order valence-electron chi connectivity index (χ3n) is 3.07. The molecule has 21 heavy (non-hydrogen) atoms. The number of carbonyl (C=O) groups is 2.